The Labute approximate surface area is 125 Å². The summed E-state index contributed by atoms with van der Waals surface area (Å²) in [7, 11) is 0. The molecule has 0 bridgehead atoms. The smallest absolute Gasteiger partial charge is 0.101 e. The highest BCUT2D eigenvalue weighted by molar-refractivity contribution is 6.32. The summed E-state index contributed by atoms with van der Waals surface area (Å²) >= 11 is 6.07. The van der Waals surface area contributed by atoms with Crippen LogP contribution >= 0.6 is 11.6 Å². The van der Waals surface area contributed by atoms with Crippen LogP contribution in [-0.4, -0.2) is 18.8 Å². The molecule has 0 saturated heterocycles. The molecule has 1 aromatic carbocycles. The maximum absolute atomic E-state index is 8.89. The highest BCUT2D eigenvalue weighted by atomic mass is 35.5. The first kappa shape index (κ1) is 15.2. The van der Waals surface area contributed by atoms with Gasteiger partial charge in [-0.1, -0.05) is 25.4 Å². The summed E-state index contributed by atoms with van der Waals surface area (Å²) in [4.78, 5) is 0. The van der Waals surface area contributed by atoms with E-state index in [2.05, 4.69) is 25.2 Å². The first-order valence-electron chi connectivity index (χ1n) is 7.13. The van der Waals surface area contributed by atoms with Gasteiger partial charge in [0.2, 0.25) is 0 Å². The molecular formula is C16H21ClN2O. The molecule has 2 rings (SSSR count). The molecule has 0 heterocycles. The quantitative estimate of drug-likeness (QED) is 0.884. The van der Waals surface area contributed by atoms with Crippen molar-refractivity contribution < 1.29 is 4.74 Å². The molecule has 1 saturated carbocycles. The molecule has 20 heavy (non-hydrogen) atoms. The second kappa shape index (κ2) is 6.03. The molecule has 0 amide bonds. The van der Waals surface area contributed by atoms with Crippen molar-refractivity contribution >= 4 is 17.3 Å². The number of hydrogen-bond donors (Lipinski definition) is 1. The highest BCUT2D eigenvalue weighted by Gasteiger charge is 2.51. The number of rotatable bonds is 5. The van der Waals surface area contributed by atoms with Gasteiger partial charge in [-0.2, -0.15) is 5.26 Å². The van der Waals surface area contributed by atoms with Gasteiger partial charge in [0.05, 0.1) is 16.7 Å². The molecule has 3 nitrogen and oxygen atoms in total. The normalized spacial score (nSPS) is 28.6. The fourth-order valence-electron chi connectivity index (χ4n) is 2.87. The lowest BCUT2D eigenvalue weighted by atomic mass is 9.61. The van der Waals surface area contributed by atoms with Crippen LogP contribution in [0.3, 0.4) is 0 Å². The molecule has 1 fully saturated rings. The monoisotopic (exact) mass is 292 g/mol. The summed E-state index contributed by atoms with van der Waals surface area (Å²) in [6, 6.07) is 7.95. The zero-order chi connectivity index (χ0) is 14.8. The first-order valence-corrected chi connectivity index (χ1v) is 7.50. The Morgan fingerprint density at radius 2 is 2.25 bits per heavy atom. The molecule has 0 aromatic heterocycles. The van der Waals surface area contributed by atoms with Crippen molar-refractivity contribution in [2.45, 2.75) is 45.8 Å². The number of benzene rings is 1. The Bertz CT molecular complexity index is 526. The maximum Gasteiger partial charge on any atom is 0.101 e. The lowest BCUT2D eigenvalue weighted by Crippen LogP contribution is -2.59. The standard InChI is InChI=1S/C16H21ClN2O/c1-4-16(3)14(9-15(16)20-5-2)19-12-7-6-11(10-18)13(17)8-12/h6-8,14-15,19H,4-5,9H2,1-3H3. The van der Waals surface area contributed by atoms with E-state index in [0.29, 0.717) is 22.7 Å². The van der Waals surface area contributed by atoms with Gasteiger partial charge in [0.15, 0.2) is 0 Å². The van der Waals surface area contributed by atoms with Crippen LogP contribution in [-0.2, 0) is 4.74 Å². The van der Waals surface area contributed by atoms with Gasteiger partial charge in [0, 0.05) is 23.8 Å². The predicted molar refractivity (Wildman–Crippen MR) is 82.0 cm³/mol. The molecule has 1 aliphatic rings. The molecule has 3 unspecified atom stereocenters. The van der Waals surface area contributed by atoms with Gasteiger partial charge in [-0.25, -0.2) is 0 Å². The fourth-order valence-corrected chi connectivity index (χ4v) is 3.09. The topological polar surface area (TPSA) is 45.0 Å². The molecule has 0 aliphatic heterocycles. The van der Waals surface area contributed by atoms with Crippen molar-refractivity contribution in [1.29, 1.82) is 5.26 Å². The van der Waals surface area contributed by atoms with Gasteiger partial charge in [0.25, 0.3) is 0 Å². The van der Waals surface area contributed by atoms with E-state index in [1.165, 1.54) is 0 Å². The number of nitriles is 1. The Balaban J connectivity index is 2.08. The number of halogens is 1. The van der Waals surface area contributed by atoms with Crippen molar-refractivity contribution in [2.75, 3.05) is 11.9 Å². The van der Waals surface area contributed by atoms with E-state index >= 15 is 0 Å². The number of anilines is 1. The van der Waals surface area contributed by atoms with E-state index in [9.17, 15) is 0 Å². The molecule has 108 valence electrons. The summed E-state index contributed by atoms with van der Waals surface area (Å²) in [6.07, 6.45) is 2.40. The molecule has 1 aliphatic carbocycles. The van der Waals surface area contributed by atoms with Gasteiger partial charge in [-0.15, -0.1) is 0 Å². The molecule has 3 atom stereocenters. The minimum atomic E-state index is 0.149. The van der Waals surface area contributed by atoms with Gasteiger partial charge >= 0.3 is 0 Å². The van der Waals surface area contributed by atoms with E-state index in [1.54, 1.807) is 6.07 Å². The summed E-state index contributed by atoms with van der Waals surface area (Å²) in [5.74, 6) is 0. The van der Waals surface area contributed by atoms with Crippen molar-refractivity contribution in [1.82, 2.24) is 0 Å². The molecular weight excluding hydrogens is 272 g/mol. The average Bonchev–Trinajstić information content (AvgIpc) is 2.45. The van der Waals surface area contributed by atoms with Crippen molar-refractivity contribution in [3.05, 3.63) is 28.8 Å². The molecule has 1 N–H and O–H groups in total. The first-order chi connectivity index (χ1) is 9.55. The number of ether oxygens (including phenoxy) is 1. The zero-order valence-corrected chi connectivity index (χ0v) is 13.0. The van der Waals surface area contributed by atoms with Gasteiger partial charge < -0.3 is 10.1 Å². The Hall–Kier alpha value is -1.24. The lowest BCUT2D eigenvalue weighted by Gasteiger charge is -2.54. The zero-order valence-electron chi connectivity index (χ0n) is 12.2. The van der Waals surface area contributed by atoms with Gasteiger partial charge in [0.1, 0.15) is 6.07 Å². The summed E-state index contributed by atoms with van der Waals surface area (Å²) < 4.78 is 5.80. The van der Waals surface area contributed by atoms with E-state index in [4.69, 9.17) is 21.6 Å². The van der Waals surface area contributed by atoms with Gasteiger partial charge in [-0.05, 0) is 38.0 Å². The third-order valence-corrected chi connectivity index (χ3v) is 4.85. The SMILES string of the molecule is CCOC1CC(Nc2ccc(C#N)c(Cl)c2)C1(C)CC. The lowest BCUT2D eigenvalue weighted by molar-refractivity contribution is -0.109. The van der Waals surface area contributed by atoms with Crippen LogP contribution in [0.5, 0.6) is 0 Å². The third kappa shape index (κ3) is 2.63. The minimum absolute atomic E-state index is 0.149. The van der Waals surface area contributed by atoms with Crippen LogP contribution in [0.1, 0.15) is 39.2 Å². The second-order valence-electron chi connectivity index (χ2n) is 5.54. The summed E-state index contributed by atoms with van der Waals surface area (Å²) in [5.41, 5.74) is 1.63. The van der Waals surface area contributed by atoms with Crippen LogP contribution in [0, 0.1) is 16.7 Å². The van der Waals surface area contributed by atoms with Crippen molar-refractivity contribution in [3.8, 4) is 6.07 Å². The average molecular weight is 293 g/mol. The van der Waals surface area contributed by atoms with Crippen LogP contribution < -0.4 is 5.32 Å². The van der Waals surface area contributed by atoms with E-state index in [-0.39, 0.29) is 5.41 Å². The highest BCUT2D eigenvalue weighted by Crippen LogP contribution is 2.47. The van der Waals surface area contributed by atoms with Crippen LogP contribution in [0.25, 0.3) is 0 Å². The largest absolute Gasteiger partial charge is 0.382 e. The molecule has 1 aromatic rings. The van der Waals surface area contributed by atoms with Crippen LogP contribution in [0.15, 0.2) is 18.2 Å². The number of hydrogen-bond acceptors (Lipinski definition) is 3. The Kier molecular flexibility index (Phi) is 4.57. The summed E-state index contributed by atoms with van der Waals surface area (Å²) in [5, 5.41) is 12.9. The summed E-state index contributed by atoms with van der Waals surface area (Å²) in [6.45, 7) is 7.26. The predicted octanol–water partition coefficient (Wildman–Crippen LogP) is 4.22. The molecule has 4 heteroatoms. The number of nitrogens with zero attached hydrogens (tertiary/aromatic N) is 1. The maximum atomic E-state index is 8.89. The van der Waals surface area contributed by atoms with Crippen molar-refractivity contribution in [3.63, 3.8) is 0 Å². The number of nitrogens with one attached hydrogen (secondary N) is 1. The molecule has 0 radical (unpaired) electrons. The van der Waals surface area contributed by atoms with Crippen molar-refractivity contribution in [2.24, 2.45) is 5.41 Å². The van der Waals surface area contributed by atoms with E-state index in [1.807, 2.05) is 19.1 Å². The third-order valence-electron chi connectivity index (χ3n) is 4.54. The minimum Gasteiger partial charge on any atom is -0.382 e. The van der Waals surface area contributed by atoms with Gasteiger partial charge in [-0.3, -0.25) is 0 Å². The Morgan fingerprint density at radius 3 is 2.80 bits per heavy atom. The fraction of sp³-hybridized carbons (Fsp3) is 0.562. The second-order valence-corrected chi connectivity index (χ2v) is 5.95. The van der Waals surface area contributed by atoms with E-state index in [0.717, 1.165) is 25.1 Å². The van der Waals surface area contributed by atoms with Crippen LogP contribution in [0.2, 0.25) is 5.02 Å². The van der Waals surface area contributed by atoms with E-state index < -0.39 is 0 Å². The van der Waals surface area contributed by atoms with Crippen LogP contribution in [0.4, 0.5) is 5.69 Å². The Morgan fingerprint density at radius 1 is 1.50 bits per heavy atom. The molecule has 0 spiro atoms.